The van der Waals surface area contributed by atoms with Crippen molar-refractivity contribution in [2.24, 2.45) is 0 Å². The molecule has 9 heteroatoms. The third-order valence-electron chi connectivity index (χ3n) is 4.70. The number of halogens is 2. The molecule has 6 nitrogen and oxygen atoms in total. The van der Waals surface area contributed by atoms with Gasteiger partial charge in [-0.05, 0) is 29.8 Å². The number of methoxy groups -OCH3 is 2. The predicted molar refractivity (Wildman–Crippen MR) is 114 cm³/mol. The summed E-state index contributed by atoms with van der Waals surface area (Å²) in [6, 6.07) is 11.0. The quantitative estimate of drug-likeness (QED) is 0.386. The number of carbonyl (C=O) groups is 1. The van der Waals surface area contributed by atoms with Gasteiger partial charge in [0, 0.05) is 17.0 Å². The van der Waals surface area contributed by atoms with Crippen LogP contribution in [-0.4, -0.2) is 25.3 Å². The highest BCUT2D eigenvalue weighted by atomic mass is 32.2. The van der Waals surface area contributed by atoms with Crippen molar-refractivity contribution in [2.45, 2.75) is 23.0 Å². The predicted octanol–water partition coefficient (Wildman–Crippen LogP) is 4.62. The molecular weight excluding hydrogens is 442 g/mol. The molecule has 0 radical (unpaired) electrons. The van der Waals surface area contributed by atoms with E-state index in [2.05, 4.69) is 0 Å². The Bertz CT molecular complexity index is 1160. The Morgan fingerprint density at radius 1 is 1.12 bits per heavy atom. The van der Waals surface area contributed by atoms with Gasteiger partial charge in [-0.2, -0.15) is 0 Å². The van der Waals surface area contributed by atoms with Crippen LogP contribution < -0.4 is 10.2 Å². The molecule has 0 saturated heterocycles. The average Bonchev–Trinajstić information content (AvgIpc) is 2.79. The fraction of sp³-hybridized carbons (Fsp3) is 0.217. The highest BCUT2D eigenvalue weighted by Crippen LogP contribution is 2.35. The monoisotopic (exact) mass is 462 g/mol. The molecule has 32 heavy (non-hydrogen) atoms. The molecule has 0 saturated carbocycles. The second-order valence-electron chi connectivity index (χ2n) is 6.76. The van der Waals surface area contributed by atoms with Gasteiger partial charge in [-0.1, -0.05) is 12.1 Å². The van der Waals surface area contributed by atoms with Crippen molar-refractivity contribution in [1.29, 1.82) is 0 Å². The van der Waals surface area contributed by atoms with Crippen LogP contribution in [-0.2, 0) is 15.3 Å². The summed E-state index contributed by atoms with van der Waals surface area (Å²) in [5.74, 6) is -2.77. The van der Waals surface area contributed by atoms with Crippen molar-refractivity contribution in [3.05, 3.63) is 87.5 Å². The molecule has 1 atom stereocenters. The maximum Gasteiger partial charge on any atom is 0.306 e. The second kappa shape index (κ2) is 10.3. The zero-order valence-corrected chi connectivity index (χ0v) is 18.1. The number of hydrogen-bond acceptors (Lipinski definition) is 7. The van der Waals surface area contributed by atoms with E-state index in [1.807, 2.05) is 0 Å². The van der Waals surface area contributed by atoms with Gasteiger partial charge in [-0.3, -0.25) is 9.59 Å². The molecule has 0 unspecified atom stereocenters. The molecule has 168 valence electrons. The van der Waals surface area contributed by atoms with Crippen LogP contribution in [0.5, 0.6) is 11.5 Å². The van der Waals surface area contributed by atoms with E-state index in [4.69, 9.17) is 13.9 Å². The van der Waals surface area contributed by atoms with Gasteiger partial charge in [0.25, 0.3) is 0 Å². The summed E-state index contributed by atoms with van der Waals surface area (Å²) in [6.45, 7) is 0. The zero-order valence-electron chi connectivity index (χ0n) is 17.3. The molecule has 2 aromatic carbocycles. The van der Waals surface area contributed by atoms with Crippen molar-refractivity contribution in [3.63, 3.8) is 0 Å². The summed E-state index contributed by atoms with van der Waals surface area (Å²) in [5, 5.41) is 10.4. The minimum absolute atomic E-state index is 0.0403. The minimum atomic E-state index is -0.812. The van der Waals surface area contributed by atoms with Crippen molar-refractivity contribution in [1.82, 2.24) is 0 Å². The Morgan fingerprint density at radius 2 is 1.84 bits per heavy atom. The van der Waals surface area contributed by atoms with Gasteiger partial charge >= 0.3 is 5.97 Å². The lowest BCUT2D eigenvalue weighted by atomic mass is 9.92. The second-order valence-corrected chi connectivity index (χ2v) is 7.78. The van der Waals surface area contributed by atoms with Crippen LogP contribution in [0.1, 0.15) is 29.4 Å². The lowest BCUT2D eigenvalue weighted by Crippen LogP contribution is -2.14. The number of ether oxygens (including phenoxy) is 2. The van der Waals surface area contributed by atoms with Crippen LogP contribution in [0.25, 0.3) is 0 Å². The van der Waals surface area contributed by atoms with Crippen LogP contribution in [0.15, 0.2) is 62.6 Å². The van der Waals surface area contributed by atoms with Crippen LogP contribution in [0.2, 0.25) is 0 Å². The fourth-order valence-corrected chi connectivity index (χ4v) is 3.85. The summed E-state index contributed by atoms with van der Waals surface area (Å²) >= 11 is 0.999. The first-order valence-electron chi connectivity index (χ1n) is 9.47. The molecule has 1 heterocycles. The molecule has 0 fully saturated rings. The summed E-state index contributed by atoms with van der Waals surface area (Å²) in [7, 11) is 2.74. The molecule has 1 aromatic heterocycles. The minimum Gasteiger partial charge on any atom is -0.502 e. The molecule has 3 aromatic rings. The molecule has 0 aliphatic rings. The number of thioether (sulfide) groups is 1. The Kier molecular flexibility index (Phi) is 7.53. The Balaban J connectivity index is 1.97. The van der Waals surface area contributed by atoms with Crippen molar-refractivity contribution >= 4 is 17.7 Å². The topological polar surface area (TPSA) is 86.0 Å². The SMILES string of the molecule is COC(=O)C[C@@H](c1ccc(OC)cc1)c1oc(CSc2ccc(F)cc2F)cc(=O)c1O. The molecule has 0 aliphatic heterocycles. The number of benzene rings is 2. The van der Waals surface area contributed by atoms with Crippen molar-refractivity contribution < 1.29 is 32.6 Å². The molecule has 0 amide bonds. The van der Waals surface area contributed by atoms with Crippen LogP contribution in [0.3, 0.4) is 0 Å². The molecule has 0 aliphatic carbocycles. The first-order chi connectivity index (χ1) is 15.3. The number of carbonyl (C=O) groups excluding carboxylic acids is 1. The van der Waals surface area contributed by atoms with Gasteiger partial charge < -0.3 is 19.0 Å². The summed E-state index contributed by atoms with van der Waals surface area (Å²) in [4.78, 5) is 24.6. The number of esters is 1. The Hall–Kier alpha value is -3.33. The van der Waals surface area contributed by atoms with Gasteiger partial charge in [-0.25, -0.2) is 8.78 Å². The van der Waals surface area contributed by atoms with Crippen molar-refractivity contribution in [3.8, 4) is 11.5 Å². The van der Waals surface area contributed by atoms with Gasteiger partial charge in [0.05, 0.1) is 32.3 Å². The summed E-state index contributed by atoms with van der Waals surface area (Å²) < 4.78 is 42.7. The van der Waals surface area contributed by atoms with Gasteiger partial charge in [-0.15, -0.1) is 11.8 Å². The smallest absolute Gasteiger partial charge is 0.306 e. The van der Waals surface area contributed by atoms with Crippen LogP contribution in [0, 0.1) is 11.6 Å². The molecule has 1 N–H and O–H groups in total. The third-order valence-corrected chi connectivity index (χ3v) is 5.77. The fourth-order valence-electron chi connectivity index (χ4n) is 3.05. The van der Waals surface area contributed by atoms with E-state index >= 15 is 0 Å². The molecular formula is C23H20F2O6S. The van der Waals surface area contributed by atoms with Gasteiger partial charge in [0.1, 0.15) is 23.1 Å². The average molecular weight is 462 g/mol. The molecule has 3 rings (SSSR count). The van der Waals surface area contributed by atoms with E-state index in [1.54, 1.807) is 24.3 Å². The highest BCUT2D eigenvalue weighted by Gasteiger charge is 2.26. The Morgan fingerprint density at radius 3 is 2.47 bits per heavy atom. The highest BCUT2D eigenvalue weighted by molar-refractivity contribution is 7.98. The largest absolute Gasteiger partial charge is 0.502 e. The van der Waals surface area contributed by atoms with Crippen LogP contribution >= 0.6 is 11.8 Å². The molecule has 0 bridgehead atoms. The van der Waals surface area contributed by atoms with E-state index in [9.17, 15) is 23.5 Å². The van der Waals surface area contributed by atoms with E-state index in [0.29, 0.717) is 11.3 Å². The van der Waals surface area contributed by atoms with Gasteiger partial charge in [0.2, 0.25) is 11.2 Å². The van der Waals surface area contributed by atoms with Crippen molar-refractivity contribution in [2.75, 3.05) is 14.2 Å². The lowest BCUT2D eigenvalue weighted by molar-refractivity contribution is -0.140. The number of rotatable bonds is 8. The third kappa shape index (κ3) is 5.47. The standard InChI is InChI=1S/C23H20F2O6S/c1-29-15-6-3-13(4-7-15)17(11-21(27)30-2)23-22(28)19(26)10-16(31-23)12-32-20-8-5-14(24)9-18(20)25/h3-10,17,28H,11-12H2,1-2H3/t17-/m0/s1. The maximum atomic E-state index is 13.9. The summed E-state index contributed by atoms with van der Waals surface area (Å²) in [6.07, 6.45) is -0.192. The van der Waals surface area contributed by atoms with E-state index in [1.165, 1.54) is 20.3 Å². The normalized spacial score (nSPS) is 11.8. The Labute approximate surface area is 186 Å². The van der Waals surface area contributed by atoms with E-state index in [-0.39, 0.29) is 28.6 Å². The first-order valence-corrected chi connectivity index (χ1v) is 10.5. The van der Waals surface area contributed by atoms with Gasteiger partial charge in [0.15, 0.2) is 5.76 Å². The van der Waals surface area contributed by atoms with E-state index < -0.39 is 34.7 Å². The van der Waals surface area contributed by atoms with E-state index in [0.717, 1.165) is 30.0 Å². The zero-order chi connectivity index (χ0) is 23.3. The maximum absolute atomic E-state index is 13.9. The lowest BCUT2D eigenvalue weighted by Gasteiger charge is -2.18. The molecule has 0 spiro atoms. The number of aromatic hydroxyl groups is 1. The number of hydrogen-bond donors (Lipinski definition) is 1. The first kappa shape index (κ1) is 23.3. The van der Waals surface area contributed by atoms with Crippen LogP contribution in [0.4, 0.5) is 8.78 Å². The summed E-state index contributed by atoms with van der Waals surface area (Å²) in [5.41, 5.74) is -0.117.